The van der Waals surface area contributed by atoms with Gasteiger partial charge in [-0.05, 0) is 0 Å². The molecule has 0 unspecified atom stereocenters. The molecular formula is C7H10N2OS. The molecule has 1 aliphatic heterocycles. The van der Waals surface area contributed by atoms with E-state index in [1.807, 2.05) is 25.9 Å². The monoisotopic (exact) mass is 170 g/mol. The summed E-state index contributed by atoms with van der Waals surface area (Å²) in [6.45, 7) is 0. The highest BCUT2D eigenvalue weighted by atomic mass is 32.2. The molecule has 0 amide bonds. The fourth-order valence-corrected chi connectivity index (χ4v) is 2.66. The largest absolute Gasteiger partial charge is 0.328 e. The van der Waals surface area contributed by atoms with Gasteiger partial charge in [-0.25, -0.2) is 4.79 Å². The van der Waals surface area contributed by atoms with Crippen LogP contribution in [-0.4, -0.2) is 9.13 Å². The normalized spacial score (nSPS) is 15.5. The predicted molar refractivity (Wildman–Crippen MR) is 45.7 cm³/mol. The van der Waals surface area contributed by atoms with Crippen LogP contribution in [0.25, 0.3) is 0 Å². The molecular weight excluding hydrogens is 160 g/mol. The number of thioether (sulfide) groups is 1. The number of fused-ring (bicyclic) bond motifs is 1. The summed E-state index contributed by atoms with van der Waals surface area (Å²) in [4.78, 5) is 11.3. The fraction of sp³-hybridized carbons (Fsp3) is 0.571. The van der Waals surface area contributed by atoms with Crippen LogP contribution in [0.5, 0.6) is 0 Å². The summed E-state index contributed by atoms with van der Waals surface area (Å²) in [6.07, 6.45) is 0. The molecule has 4 heteroatoms. The van der Waals surface area contributed by atoms with E-state index in [0.717, 1.165) is 11.5 Å². The topological polar surface area (TPSA) is 26.9 Å². The molecule has 0 N–H and O–H groups in total. The van der Waals surface area contributed by atoms with Crippen LogP contribution in [0.2, 0.25) is 0 Å². The molecule has 1 aliphatic rings. The highest BCUT2D eigenvalue weighted by molar-refractivity contribution is 7.98. The van der Waals surface area contributed by atoms with Gasteiger partial charge in [0.25, 0.3) is 0 Å². The molecule has 0 spiro atoms. The highest BCUT2D eigenvalue weighted by Crippen LogP contribution is 2.27. The molecule has 0 radical (unpaired) electrons. The van der Waals surface area contributed by atoms with Crippen LogP contribution in [0.15, 0.2) is 4.79 Å². The maximum absolute atomic E-state index is 11.3. The van der Waals surface area contributed by atoms with E-state index in [1.165, 1.54) is 11.4 Å². The minimum atomic E-state index is 0.107. The molecule has 1 aromatic rings. The third-order valence-electron chi connectivity index (χ3n) is 2.19. The Balaban J connectivity index is 2.78. The van der Waals surface area contributed by atoms with Crippen LogP contribution in [0.4, 0.5) is 0 Å². The second-order valence-electron chi connectivity index (χ2n) is 2.79. The fourth-order valence-electron chi connectivity index (χ4n) is 1.45. The third kappa shape index (κ3) is 0.788. The van der Waals surface area contributed by atoms with E-state index < -0.39 is 0 Å². The maximum Gasteiger partial charge on any atom is 0.328 e. The summed E-state index contributed by atoms with van der Waals surface area (Å²) in [7, 11) is 3.68. The van der Waals surface area contributed by atoms with Gasteiger partial charge in [0.15, 0.2) is 0 Å². The van der Waals surface area contributed by atoms with Gasteiger partial charge in [-0.1, -0.05) is 0 Å². The Morgan fingerprint density at radius 1 is 1.18 bits per heavy atom. The van der Waals surface area contributed by atoms with E-state index in [1.54, 1.807) is 9.13 Å². The lowest BCUT2D eigenvalue weighted by Crippen LogP contribution is -2.21. The van der Waals surface area contributed by atoms with Crippen molar-refractivity contribution in [3.63, 3.8) is 0 Å². The Morgan fingerprint density at radius 2 is 1.64 bits per heavy atom. The van der Waals surface area contributed by atoms with Crippen molar-refractivity contribution in [1.29, 1.82) is 0 Å². The van der Waals surface area contributed by atoms with Gasteiger partial charge in [0, 0.05) is 25.6 Å². The SMILES string of the molecule is Cn1c2c(n(C)c1=O)CSC2. The van der Waals surface area contributed by atoms with Gasteiger partial charge in [0.1, 0.15) is 0 Å². The van der Waals surface area contributed by atoms with Gasteiger partial charge in [-0.2, -0.15) is 0 Å². The van der Waals surface area contributed by atoms with Crippen molar-refractivity contribution in [1.82, 2.24) is 9.13 Å². The zero-order valence-electron chi connectivity index (χ0n) is 6.63. The minimum Gasteiger partial charge on any atom is -0.298 e. The van der Waals surface area contributed by atoms with Crippen LogP contribution in [0.1, 0.15) is 11.4 Å². The summed E-state index contributed by atoms with van der Waals surface area (Å²) in [5.41, 5.74) is 2.50. The molecule has 0 aromatic carbocycles. The summed E-state index contributed by atoms with van der Waals surface area (Å²) >= 11 is 1.87. The maximum atomic E-state index is 11.3. The van der Waals surface area contributed by atoms with E-state index in [0.29, 0.717) is 0 Å². The number of aromatic nitrogens is 2. The number of imidazole rings is 1. The lowest BCUT2D eigenvalue weighted by molar-refractivity contribution is 0.754. The van der Waals surface area contributed by atoms with Crippen LogP contribution in [0.3, 0.4) is 0 Å². The van der Waals surface area contributed by atoms with Crippen LogP contribution < -0.4 is 5.69 Å². The van der Waals surface area contributed by atoms with Gasteiger partial charge in [-0.15, -0.1) is 11.8 Å². The summed E-state index contributed by atoms with van der Waals surface area (Å²) in [5.74, 6) is 1.98. The van der Waals surface area contributed by atoms with Gasteiger partial charge in [-0.3, -0.25) is 9.13 Å². The molecule has 2 rings (SSSR count). The Kier molecular flexibility index (Phi) is 1.39. The van der Waals surface area contributed by atoms with Crippen molar-refractivity contribution >= 4 is 11.8 Å². The van der Waals surface area contributed by atoms with Gasteiger partial charge < -0.3 is 0 Å². The van der Waals surface area contributed by atoms with Crippen molar-refractivity contribution in [3.8, 4) is 0 Å². The van der Waals surface area contributed by atoms with Crippen LogP contribution in [-0.2, 0) is 25.6 Å². The first-order valence-electron chi connectivity index (χ1n) is 3.53. The van der Waals surface area contributed by atoms with Crippen LogP contribution in [0, 0.1) is 0 Å². The van der Waals surface area contributed by atoms with E-state index in [2.05, 4.69) is 0 Å². The second kappa shape index (κ2) is 2.17. The molecule has 11 heavy (non-hydrogen) atoms. The first kappa shape index (κ1) is 7.03. The number of hydrogen-bond acceptors (Lipinski definition) is 2. The molecule has 0 saturated carbocycles. The third-order valence-corrected chi connectivity index (χ3v) is 3.15. The van der Waals surface area contributed by atoms with Crippen molar-refractivity contribution < 1.29 is 0 Å². The molecule has 0 fully saturated rings. The van der Waals surface area contributed by atoms with E-state index >= 15 is 0 Å². The van der Waals surface area contributed by atoms with E-state index in [4.69, 9.17) is 0 Å². The molecule has 60 valence electrons. The molecule has 0 atom stereocenters. The van der Waals surface area contributed by atoms with Gasteiger partial charge in [0.05, 0.1) is 11.4 Å². The molecule has 0 bridgehead atoms. The first-order valence-corrected chi connectivity index (χ1v) is 4.68. The van der Waals surface area contributed by atoms with Crippen molar-refractivity contribution in [2.75, 3.05) is 0 Å². The molecule has 2 heterocycles. The summed E-state index contributed by atoms with van der Waals surface area (Å²) in [5, 5.41) is 0. The molecule has 0 saturated heterocycles. The molecule has 3 nitrogen and oxygen atoms in total. The van der Waals surface area contributed by atoms with Crippen molar-refractivity contribution in [3.05, 3.63) is 21.9 Å². The van der Waals surface area contributed by atoms with E-state index in [-0.39, 0.29) is 5.69 Å². The Morgan fingerprint density at radius 3 is 2.09 bits per heavy atom. The van der Waals surface area contributed by atoms with Gasteiger partial charge >= 0.3 is 5.69 Å². The smallest absolute Gasteiger partial charge is 0.298 e. The predicted octanol–water partition coefficient (Wildman–Crippen LogP) is 0.471. The standard InChI is InChI=1S/C7H10N2OS/c1-8-5-3-11-4-6(5)9(2)7(8)10/h3-4H2,1-2H3. The average molecular weight is 170 g/mol. The highest BCUT2D eigenvalue weighted by Gasteiger charge is 2.19. The number of hydrogen-bond donors (Lipinski definition) is 0. The summed E-state index contributed by atoms with van der Waals surface area (Å²) in [6, 6.07) is 0. The Labute approximate surface area is 69.0 Å². The van der Waals surface area contributed by atoms with Gasteiger partial charge in [0.2, 0.25) is 0 Å². The summed E-state index contributed by atoms with van der Waals surface area (Å²) < 4.78 is 3.49. The zero-order valence-corrected chi connectivity index (χ0v) is 7.44. The Hall–Kier alpha value is -0.640. The zero-order chi connectivity index (χ0) is 8.01. The average Bonchev–Trinajstić information content (AvgIpc) is 2.53. The first-order chi connectivity index (χ1) is 5.22. The quantitative estimate of drug-likeness (QED) is 0.566. The minimum absolute atomic E-state index is 0.107. The van der Waals surface area contributed by atoms with E-state index in [9.17, 15) is 4.79 Å². The lowest BCUT2D eigenvalue weighted by atomic mass is 10.4. The number of rotatable bonds is 0. The Bertz CT molecular complexity index is 320. The van der Waals surface area contributed by atoms with Crippen LogP contribution >= 0.6 is 11.8 Å². The molecule has 1 aromatic heterocycles. The molecule has 0 aliphatic carbocycles. The second-order valence-corrected chi connectivity index (χ2v) is 3.77. The lowest BCUT2D eigenvalue weighted by Gasteiger charge is -1.92. The van der Waals surface area contributed by atoms with Crippen molar-refractivity contribution in [2.24, 2.45) is 14.1 Å². The number of nitrogens with zero attached hydrogens (tertiary/aromatic N) is 2. The van der Waals surface area contributed by atoms with Crippen molar-refractivity contribution in [2.45, 2.75) is 11.5 Å².